The lowest BCUT2D eigenvalue weighted by Gasteiger charge is -2.11. The molecule has 4 rings (SSSR count). The molecule has 0 radical (unpaired) electrons. The van der Waals surface area contributed by atoms with Gasteiger partial charge in [-0.3, -0.25) is 9.48 Å². The Morgan fingerprint density at radius 3 is 2.44 bits per heavy atom. The van der Waals surface area contributed by atoms with Gasteiger partial charge in [0.1, 0.15) is 0 Å². The quantitative estimate of drug-likeness (QED) is 0.522. The molecule has 5 heteroatoms. The van der Waals surface area contributed by atoms with Gasteiger partial charge < -0.3 is 4.57 Å². The second kappa shape index (κ2) is 7.25. The van der Waals surface area contributed by atoms with Crippen LogP contribution < -0.4 is 5.56 Å². The fourth-order valence-electron chi connectivity index (χ4n) is 3.12. The lowest BCUT2D eigenvalue weighted by molar-refractivity contribution is 0.687. The maximum Gasteiger partial charge on any atom is 0.250 e. The summed E-state index contributed by atoms with van der Waals surface area (Å²) in [5.74, 6) is 0. The van der Waals surface area contributed by atoms with Crippen molar-refractivity contribution in [2.75, 3.05) is 0 Å². The minimum absolute atomic E-state index is 0.0784. The summed E-state index contributed by atoms with van der Waals surface area (Å²) in [6.45, 7) is 0.689. The van der Waals surface area contributed by atoms with Crippen LogP contribution in [0.15, 0.2) is 84.0 Å². The summed E-state index contributed by atoms with van der Waals surface area (Å²) in [4.78, 5) is 12.3. The standard InChI is InChI=1S/C22H18ClN3O/c1-25-15-20(19(11-22(25)27)18-9-5-6-10-21(18)23)17-12-24-26(14-17)13-16-7-3-2-4-8-16/h2-12,14-15H,13H2,1H3. The van der Waals surface area contributed by atoms with Crippen LogP contribution in [0.1, 0.15) is 5.56 Å². The average molecular weight is 376 g/mol. The molecule has 0 fully saturated rings. The Labute approximate surface area is 162 Å². The van der Waals surface area contributed by atoms with Gasteiger partial charge in [0.2, 0.25) is 0 Å². The van der Waals surface area contributed by atoms with Crippen LogP contribution in [0, 0.1) is 0 Å². The van der Waals surface area contributed by atoms with E-state index in [1.54, 1.807) is 17.7 Å². The number of aromatic nitrogens is 3. The minimum atomic E-state index is -0.0784. The topological polar surface area (TPSA) is 39.8 Å². The zero-order valence-electron chi connectivity index (χ0n) is 14.8. The van der Waals surface area contributed by atoms with E-state index < -0.39 is 0 Å². The molecule has 0 aliphatic carbocycles. The van der Waals surface area contributed by atoms with Gasteiger partial charge in [-0.15, -0.1) is 0 Å². The van der Waals surface area contributed by atoms with Gasteiger partial charge in [-0.2, -0.15) is 5.10 Å². The van der Waals surface area contributed by atoms with Gasteiger partial charge >= 0.3 is 0 Å². The number of rotatable bonds is 4. The zero-order chi connectivity index (χ0) is 18.8. The molecule has 2 aromatic carbocycles. The fraction of sp³-hybridized carbons (Fsp3) is 0.0909. The van der Waals surface area contributed by atoms with Crippen molar-refractivity contribution in [2.45, 2.75) is 6.54 Å². The predicted octanol–water partition coefficient (Wildman–Crippen LogP) is 4.62. The van der Waals surface area contributed by atoms with Crippen molar-refractivity contribution in [1.82, 2.24) is 14.3 Å². The van der Waals surface area contributed by atoms with E-state index >= 15 is 0 Å². The van der Waals surface area contributed by atoms with Gasteiger partial charge in [-0.05, 0) is 17.2 Å². The second-order valence-corrected chi connectivity index (χ2v) is 6.85. The smallest absolute Gasteiger partial charge is 0.250 e. The Hall–Kier alpha value is -3.11. The van der Waals surface area contributed by atoms with Gasteiger partial charge in [0.15, 0.2) is 0 Å². The molecule has 0 saturated heterocycles. The number of pyridine rings is 1. The summed E-state index contributed by atoms with van der Waals surface area (Å²) in [6, 6.07) is 19.4. The zero-order valence-corrected chi connectivity index (χ0v) is 15.6. The van der Waals surface area contributed by atoms with Crippen molar-refractivity contribution in [3.63, 3.8) is 0 Å². The van der Waals surface area contributed by atoms with E-state index in [1.165, 1.54) is 5.56 Å². The molecule has 0 N–H and O–H groups in total. The molecule has 2 heterocycles. The highest BCUT2D eigenvalue weighted by molar-refractivity contribution is 6.33. The molecule has 0 atom stereocenters. The number of hydrogen-bond donors (Lipinski definition) is 0. The first kappa shape index (κ1) is 17.3. The Morgan fingerprint density at radius 1 is 0.926 bits per heavy atom. The van der Waals surface area contributed by atoms with E-state index in [4.69, 9.17) is 11.6 Å². The highest BCUT2D eigenvalue weighted by atomic mass is 35.5. The van der Waals surface area contributed by atoms with Crippen LogP contribution in [0.4, 0.5) is 0 Å². The molecule has 4 aromatic rings. The minimum Gasteiger partial charge on any atom is -0.318 e. The van der Waals surface area contributed by atoms with Crippen molar-refractivity contribution in [2.24, 2.45) is 7.05 Å². The third kappa shape index (κ3) is 3.57. The van der Waals surface area contributed by atoms with E-state index in [2.05, 4.69) is 17.2 Å². The van der Waals surface area contributed by atoms with Gasteiger partial charge in [0.25, 0.3) is 5.56 Å². The third-order valence-corrected chi connectivity index (χ3v) is 4.85. The summed E-state index contributed by atoms with van der Waals surface area (Å²) in [7, 11) is 1.75. The Bertz CT molecular complexity index is 1150. The van der Waals surface area contributed by atoms with Crippen molar-refractivity contribution in [1.29, 1.82) is 0 Å². The predicted molar refractivity (Wildman–Crippen MR) is 109 cm³/mol. The lowest BCUT2D eigenvalue weighted by atomic mass is 9.98. The summed E-state index contributed by atoms with van der Waals surface area (Å²) >= 11 is 6.39. The maximum atomic E-state index is 12.3. The van der Waals surface area contributed by atoms with Crippen molar-refractivity contribution >= 4 is 11.6 Å². The monoisotopic (exact) mass is 375 g/mol. The highest BCUT2D eigenvalue weighted by Gasteiger charge is 2.14. The molecule has 0 saturated carbocycles. The molecular formula is C22H18ClN3O. The van der Waals surface area contributed by atoms with E-state index in [1.807, 2.05) is 65.7 Å². The molecule has 0 amide bonds. The van der Waals surface area contributed by atoms with Crippen LogP contribution in [0.25, 0.3) is 22.3 Å². The maximum absolute atomic E-state index is 12.3. The largest absolute Gasteiger partial charge is 0.318 e. The van der Waals surface area contributed by atoms with Crippen LogP contribution >= 0.6 is 11.6 Å². The molecule has 4 nitrogen and oxygen atoms in total. The van der Waals surface area contributed by atoms with E-state index in [9.17, 15) is 4.79 Å². The summed E-state index contributed by atoms with van der Waals surface area (Å²) in [5, 5.41) is 5.11. The van der Waals surface area contributed by atoms with Crippen LogP contribution in [0.3, 0.4) is 0 Å². The first-order valence-electron chi connectivity index (χ1n) is 8.64. The van der Waals surface area contributed by atoms with Crippen LogP contribution in [0.5, 0.6) is 0 Å². The Balaban J connectivity index is 1.79. The lowest BCUT2D eigenvalue weighted by Crippen LogP contribution is -2.15. The third-order valence-electron chi connectivity index (χ3n) is 4.52. The molecule has 0 spiro atoms. The van der Waals surface area contributed by atoms with Gasteiger partial charge in [0, 0.05) is 47.2 Å². The molecule has 0 unspecified atom stereocenters. The van der Waals surface area contributed by atoms with Gasteiger partial charge in [0.05, 0.1) is 12.7 Å². The van der Waals surface area contributed by atoms with Crippen molar-refractivity contribution in [3.05, 3.63) is 100 Å². The summed E-state index contributed by atoms with van der Waals surface area (Å²) in [6.07, 6.45) is 5.65. The fourth-order valence-corrected chi connectivity index (χ4v) is 3.36. The highest BCUT2D eigenvalue weighted by Crippen LogP contribution is 2.34. The number of hydrogen-bond acceptors (Lipinski definition) is 2. The molecule has 0 aliphatic heterocycles. The summed E-state index contributed by atoms with van der Waals surface area (Å²) < 4.78 is 3.47. The molecule has 134 valence electrons. The second-order valence-electron chi connectivity index (χ2n) is 6.44. The number of benzene rings is 2. The molecule has 0 bridgehead atoms. The van der Waals surface area contributed by atoms with Gasteiger partial charge in [-0.1, -0.05) is 60.1 Å². The molecule has 0 aliphatic rings. The number of nitrogens with zero attached hydrogens (tertiary/aromatic N) is 3. The Morgan fingerprint density at radius 2 is 1.67 bits per heavy atom. The first-order valence-corrected chi connectivity index (χ1v) is 9.02. The van der Waals surface area contributed by atoms with Crippen LogP contribution in [-0.2, 0) is 13.6 Å². The first-order chi connectivity index (χ1) is 13.1. The van der Waals surface area contributed by atoms with Crippen LogP contribution in [0.2, 0.25) is 5.02 Å². The number of halogens is 1. The van der Waals surface area contributed by atoms with Crippen molar-refractivity contribution in [3.8, 4) is 22.3 Å². The normalized spacial score (nSPS) is 10.9. The van der Waals surface area contributed by atoms with Crippen LogP contribution in [-0.4, -0.2) is 14.3 Å². The van der Waals surface area contributed by atoms with E-state index in [0.717, 1.165) is 22.3 Å². The number of aryl methyl sites for hydroxylation is 1. The molecular weight excluding hydrogens is 358 g/mol. The average Bonchev–Trinajstić information content (AvgIpc) is 3.13. The van der Waals surface area contributed by atoms with Gasteiger partial charge in [-0.25, -0.2) is 0 Å². The molecule has 27 heavy (non-hydrogen) atoms. The van der Waals surface area contributed by atoms with E-state index in [-0.39, 0.29) is 5.56 Å². The summed E-state index contributed by atoms with van der Waals surface area (Å²) in [5.41, 5.74) is 4.61. The Kier molecular flexibility index (Phi) is 4.65. The van der Waals surface area contributed by atoms with E-state index in [0.29, 0.717) is 11.6 Å². The molecule has 2 aromatic heterocycles. The van der Waals surface area contributed by atoms with Crippen molar-refractivity contribution < 1.29 is 0 Å². The SMILES string of the molecule is Cn1cc(-c2cnn(Cc3ccccc3)c2)c(-c2ccccc2Cl)cc1=O.